The van der Waals surface area contributed by atoms with Crippen LogP contribution in [0, 0.1) is 0 Å². The quantitative estimate of drug-likeness (QED) is 0.259. The molecule has 0 aliphatic carbocycles. The normalized spacial score (nSPS) is 13.3. The first-order valence-electron chi connectivity index (χ1n) is 12.8. The molecule has 6 rings (SSSR count). The van der Waals surface area contributed by atoms with Crippen molar-refractivity contribution in [1.29, 1.82) is 0 Å². The molecule has 1 aliphatic rings. The number of imidazole rings is 1. The van der Waals surface area contributed by atoms with Crippen molar-refractivity contribution in [3.8, 4) is 5.69 Å². The smallest absolute Gasteiger partial charge is 0.241 e. The maximum Gasteiger partial charge on any atom is 0.241 e. The third-order valence-electron chi connectivity index (χ3n) is 7.07. The number of rotatable bonds is 6. The zero-order chi connectivity index (χ0) is 27.9. The van der Waals surface area contributed by atoms with E-state index in [2.05, 4.69) is 10.3 Å². The number of halogens is 1. The maximum absolute atomic E-state index is 13.2. The number of anilines is 3. The Hall–Kier alpha value is -4.47. The molecule has 4 aromatic carbocycles. The fourth-order valence-corrected chi connectivity index (χ4v) is 5.70. The van der Waals surface area contributed by atoms with Gasteiger partial charge in [-0.3, -0.25) is 14.5 Å². The highest BCUT2D eigenvalue weighted by molar-refractivity contribution is 7.90. The summed E-state index contributed by atoms with van der Waals surface area (Å²) < 4.78 is 25.4. The van der Waals surface area contributed by atoms with Crippen molar-refractivity contribution < 1.29 is 18.0 Å². The molecule has 1 N–H and O–H groups in total. The van der Waals surface area contributed by atoms with E-state index in [4.69, 9.17) is 0 Å². The van der Waals surface area contributed by atoms with Crippen molar-refractivity contribution >= 4 is 61.9 Å². The van der Waals surface area contributed by atoms with Gasteiger partial charge in [0.1, 0.15) is 12.2 Å². The standard InChI is InChI=1S/C31H26N4O4S.ClH/c1-40(38,39)25-14-6-21(7-15-25)8-17-28-32-18-19-34(28)23-10-12-24(13-11-23)35-27-16-9-22-4-2-3-5-26(22)31(27)33-29(36)20-30(35)37;/h2-7,9-16,18-19H,8,17,20H2,1H3,(H,33,36);1H. The first-order valence-corrected chi connectivity index (χ1v) is 14.7. The van der Waals surface area contributed by atoms with Crippen LogP contribution in [-0.4, -0.2) is 36.0 Å². The van der Waals surface area contributed by atoms with Gasteiger partial charge in [0, 0.05) is 41.8 Å². The number of carbonyl (C=O) groups excluding carboxylic acids is 2. The van der Waals surface area contributed by atoms with Crippen LogP contribution in [0.25, 0.3) is 16.5 Å². The van der Waals surface area contributed by atoms with Crippen LogP contribution in [0.4, 0.5) is 17.1 Å². The van der Waals surface area contributed by atoms with Crippen molar-refractivity contribution in [1.82, 2.24) is 9.55 Å². The van der Waals surface area contributed by atoms with Gasteiger partial charge in [0.25, 0.3) is 0 Å². The predicted octanol–water partition coefficient (Wildman–Crippen LogP) is 5.64. The molecule has 0 saturated heterocycles. The minimum Gasteiger partial charge on any atom is -0.323 e. The van der Waals surface area contributed by atoms with Crippen molar-refractivity contribution in [2.24, 2.45) is 0 Å². The molecule has 0 atom stereocenters. The first-order chi connectivity index (χ1) is 19.3. The van der Waals surface area contributed by atoms with Crippen LogP contribution in [0.2, 0.25) is 0 Å². The molecule has 2 heterocycles. The molecule has 5 aromatic rings. The second-order valence-electron chi connectivity index (χ2n) is 9.78. The van der Waals surface area contributed by atoms with Crippen molar-refractivity contribution in [3.63, 3.8) is 0 Å². The number of carbonyl (C=O) groups is 2. The van der Waals surface area contributed by atoms with Gasteiger partial charge in [0.05, 0.1) is 16.3 Å². The molecule has 208 valence electrons. The number of fused-ring (bicyclic) bond motifs is 3. The first kappa shape index (κ1) is 28.1. The molecule has 1 aromatic heterocycles. The van der Waals surface area contributed by atoms with Crippen LogP contribution < -0.4 is 10.2 Å². The summed E-state index contributed by atoms with van der Waals surface area (Å²) in [4.78, 5) is 32.2. The van der Waals surface area contributed by atoms with Gasteiger partial charge in [-0.1, -0.05) is 42.5 Å². The van der Waals surface area contributed by atoms with E-state index in [1.807, 2.05) is 83.6 Å². The molecular weight excluding hydrogens is 560 g/mol. The number of amides is 2. The summed E-state index contributed by atoms with van der Waals surface area (Å²) in [6.07, 6.45) is 5.94. The Morgan fingerprint density at radius 3 is 2.29 bits per heavy atom. The largest absolute Gasteiger partial charge is 0.323 e. The average molecular weight is 587 g/mol. The van der Waals surface area contributed by atoms with Gasteiger partial charge < -0.3 is 9.88 Å². The number of hydrogen-bond donors (Lipinski definition) is 1. The predicted molar refractivity (Wildman–Crippen MR) is 162 cm³/mol. The zero-order valence-corrected chi connectivity index (χ0v) is 23.8. The Kier molecular flexibility index (Phi) is 7.66. The molecular formula is C31H27ClN4O4S. The monoisotopic (exact) mass is 586 g/mol. The number of aryl methyl sites for hydroxylation is 2. The Labute approximate surface area is 244 Å². The Morgan fingerprint density at radius 1 is 0.854 bits per heavy atom. The van der Waals surface area contributed by atoms with E-state index in [1.54, 1.807) is 23.2 Å². The van der Waals surface area contributed by atoms with Gasteiger partial charge in [-0.15, -0.1) is 12.4 Å². The summed E-state index contributed by atoms with van der Waals surface area (Å²) in [7, 11) is -3.23. The van der Waals surface area contributed by atoms with Crippen LogP contribution in [-0.2, 0) is 32.3 Å². The minimum atomic E-state index is -3.23. The Morgan fingerprint density at radius 2 is 1.56 bits per heavy atom. The molecule has 1 aliphatic heterocycles. The fraction of sp³-hybridized carbons (Fsp3) is 0.129. The number of sulfone groups is 1. The summed E-state index contributed by atoms with van der Waals surface area (Å²) in [5.74, 6) is 0.220. The zero-order valence-electron chi connectivity index (χ0n) is 22.2. The third kappa shape index (κ3) is 5.59. The second kappa shape index (κ2) is 11.2. The lowest BCUT2D eigenvalue weighted by atomic mass is 10.1. The molecule has 0 spiro atoms. The highest BCUT2D eigenvalue weighted by atomic mass is 35.5. The molecule has 0 unspecified atom stereocenters. The molecule has 10 heteroatoms. The Balaban J connectivity index is 0.00000337. The van der Waals surface area contributed by atoms with Crippen molar-refractivity contribution in [2.45, 2.75) is 24.2 Å². The van der Waals surface area contributed by atoms with E-state index in [-0.39, 0.29) is 30.6 Å². The fourth-order valence-electron chi connectivity index (χ4n) is 5.07. The van der Waals surface area contributed by atoms with Gasteiger partial charge in [-0.25, -0.2) is 13.4 Å². The molecule has 0 saturated carbocycles. The maximum atomic E-state index is 13.2. The lowest BCUT2D eigenvalue weighted by Gasteiger charge is -2.23. The van der Waals surface area contributed by atoms with Crippen LogP contribution in [0.5, 0.6) is 0 Å². The number of nitrogens with zero attached hydrogens (tertiary/aromatic N) is 3. The van der Waals surface area contributed by atoms with Gasteiger partial charge in [0.2, 0.25) is 11.8 Å². The van der Waals surface area contributed by atoms with Gasteiger partial charge >= 0.3 is 0 Å². The summed E-state index contributed by atoms with van der Waals surface area (Å²) in [6, 6.07) is 26.1. The summed E-state index contributed by atoms with van der Waals surface area (Å²) in [6.45, 7) is 0. The van der Waals surface area contributed by atoms with Crippen LogP contribution in [0.1, 0.15) is 17.8 Å². The molecule has 0 radical (unpaired) electrons. The Bertz CT molecular complexity index is 1870. The SMILES string of the molecule is CS(=O)(=O)c1ccc(CCc2nccn2-c2ccc(N3C(=O)CC(=O)Nc4c3ccc3ccccc43)cc2)cc1.Cl. The minimum absolute atomic E-state index is 0. The third-order valence-corrected chi connectivity index (χ3v) is 8.19. The number of nitrogens with one attached hydrogen (secondary N) is 1. The molecule has 0 bridgehead atoms. The van der Waals surface area contributed by atoms with Crippen molar-refractivity contribution in [3.05, 3.63) is 109 Å². The number of benzene rings is 4. The highest BCUT2D eigenvalue weighted by Crippen LogP contribution is 2.40. The molecule has 2 amide bonds. The lowest BCUT2D eigenvalue weighted by Crippen LogP contribution is -2.26. The lowest BCUT2D eigenvalue weighted by molar-refractivity contribution is -0.124. The van der Waals surface area contributed by atoms with E-state index >= 15 is 0 Å². The molecule has 41 heavy (non-hydrogen) atoms. The number of aromatic nitrogens is 2. The van der Waals surface area contributed by atoms with Crippen LogP contribution >= 0.6 is 12.4 Å². The van der Waals surface area contributed by atoms with Gasteiger partial charge in [-0.05, 0) is 59.8 Å². The topological polar surface area (TPSA) is 101 Å². The summed E-state index contributed by atoms with van der Waals surface area (Å²) in [5.41, 5.74) is 3.83. The van der Waals surface area contributed by atoms with Gasteiger partial charge in [0.15, 0.2) is 9.84 Å². The number of hydrogen-bond acceptors (Lipinski definition) is 5. The van der Waals surface area contributed by atoms with E-state index in [0.29, 0.717) is 34.8 Å². The van der Waals surface area contributed by atoms with E-state index in [9.17, 15) is 18.0 Å². The van der Waals surface area contributed by atoms with E-state index in [1.165, 1.54) is 6.26 Å². The second-order valence-corrected chi connectivity index (χ2v) is 11.8. The van der Waals surface area contributed by atoms with Gasteiger partial charge in [-0.2, -0.15) is 0 Å². The van der Waals surface area contributed by atoms with Crippen LogP contribution in [0.15, 0.2) is 102 Å². The van der Waals surface area contributed by atoms with Crippen LogP contribution in [0.3, 0.4) is 0 Å². The average Bonchev–Trinajstić information content (AvgIpc) is 3.37. The summed E-state index contributed by atoms with van der Waals surface area (Å²) in [5, 5.41) is 4.78. The highest BCUT2D eigenvalue weighted by Gasteiger charge is 2.28. The van der Waals surface area contributed by atoms with Crippen molar-refractivity contribution in [2.75, 3.05) is 16.5 Å². The molecule has 0 fully saturated rings. The van der Waals surface area contributed by atoms with E-state index < -0.39 is 9.84 Å². The van der Waals surface area contributed by atoms with E-state index in [0.717, 1.165) is 27.8 Å². The summed E-state index contributed by atoms with van der Waals surface area (Å²) >= 11 is 0. The molecule has 8 nitrogen and oxygen atoms in total.